The first-order valence-corrected chi connectivity index (χ1v) is 8.71. The normalized spacial score (nSPS) is 16.6. The zero-order chi connectivity index (χ0) is 17.8. The van der Waals surface area contributed by atoms with Gasteiger partial charge >= 0.3 is 6.09 Å². The van der Waals surface area contributed by atoms with Gasteiger partial charge in [-0.25, -0.2) is 4.79 Å². The molecule has 1 aromatic carbocycles. The van der Waals surface area contributed by atoms with Crippen molar-refractivity contribution < 1.29 is 14.6 Å². The number of benzene rings is 1. The second-order valence-corrected chi connectivity index (χ2v) is 6.68. The van der Waals surface area contributed by atoms with E-state index in [2.05, 4.69) is 13.0 Å². The van der Waals surface area contributed by atoms with Crippen LogP contribution in [0.15, 0.2) is 36.5 Å². The van der Waals surface area contributed by atoms with Crippen LogP contribution in [0.4, 0.5) is 4.79 Å². The van der Waals surface area contributed by atoms with Crippen molar-refractivity contribution >= 4 is 6.09 Å². The lowest BCUT2D eigenvalue weighted by molar-refractivity contribution is 0.120. The van der Waals surface area contributed by atoms with Crippen molar-refractivity contribution in [3.63, 3.8) is 0 Å². The number of carboxylic acid groups (broad SMARTS) is 1. The first-order valence-electron chi connectivity index (χ1n) is 8.71. The maximum absolute atomic E-state index is 11.0. The summed E-state index contributed by atoms with van der Waals surface area (Å²) < 4.78 is 7.14. The van der Waals surface area contributed by atoms with Crippen molar-refractivity contribution in [2.45, 2.75) is 32.2 Å². The Kier molecular flexibility index (Phi) is 5.26. The maximum Gasteiger partial charge on any atom is 0.407 e. The van der Waals surface area contributed by atoms with Crippen molar-refractivity contribution in [3.05, 3.63) is 47.8 Å². The second-order valence-electron chi connectivity index (χ2n) is 6.68. The third-order valence-corrected chi connectivity index (χ3v) is 5.15. The minimum Gasteiger partial charge on any atom is -0.497 e. The first kappa shape index (κ1) is 17.3. The number of amides is 1. The number of hydrogen-bond donors (Lipinski definition) is 1. The van der Waals surface area contributed by atoms with Crippen molar-refractivity contribution in [2.24, 2.45) is 5.92 Å². The standard InChI is InChI=1S/C19H25N3O3/c1-14(16-7-10-21(11-8-16)19(23)24)18-9-12-22(20-18)13-15-3-5-17(25-2)6-4-15/h3-6,9,12,14,16H,7-8,10-11,13H2,1-2H3,(H,23,24). The zero-order valence-electron chi connectivity index (χ0n) is 14.8. The molecule has 2 aromatic rings. The number of rotatable bonds is 5. The summed E-state index contributed by atoms with van der Waals surface area (Å²) >= 11 is 0. The summed E-state index contributed by atoms with van der Waals surface area (Å²) in [7, 11) is 1.66. The highest BCUT2D eigenvalue weighted by Crippen LogP contribution is 2.31. The molecular formula is C19H25N3O3. The molecule has 1 fully saturated rings. The number of nitrogens with zero attached hydrogens (tertiary/aromatic N) is 3. The molecule has 0 radical (unpaired) electrons. The van der Waals surface area contributed by atoms with Crippen LogP contribution in [0.25, 0.3) is 0 Å². The van der Waals surface area contributed by atoms with Crippen LogP contribution in [0.1, 0.15) is 36.9 Å². The summed E-state index contributed by atoms with van der Waals surface area (Å²) in [4.78, 5) is 12.5. The molecule has 1 aromatic heterocycles. The molecule has 1 atom stereocenters. The highest BCUT2D eigenvalue weighted by atomic mass is 16.5. The number of hydrogen-bond acceptors (Lipinski definition) is 3. The van der Waals surface area contributed by atoms with E-state index in [9.17, 15) is 4.79 Å². The SMILES string of the molecule is COc1ccc(Cn2ccc(C(C)C3CCN(C(=O)O)CC3)n2)cc1. The Balaban J connectivity index is 1.59. The van der Waals surface area contributed by atoms with Gasteiger partial charge in [0.2, 0.25) is 0 Å². The van der Waals surface area contributed by atoms with Crippen LogP contribution in [0.2, 0.25) is 0 Å². The highest BCUT2D eigenvalue weighted by Gasteiger charge is 2.27. The smallest absolute Gasteiger partial charge is 0.407 e. The Labute approximate surface area is 148 Å². The lowest BCUT2D eigenvalue weighted by atomic mass is 9.84. The fourth-order valence-electron chi connectivity index (χ4n) is 3.46. The molecule has 6 heteroatoms. The average Bonchev–Trinajstić information content (AvgIpc) is 3.10. The van der Waals surface area contributed by atoms with E-state index in [0.29, 0.717) is 24.9 Å². The summed E-state index contributed by atoms with van der Waals surface area (Å²) in [6.07, 6.45) is 3.01. The van der Waals surface area contributed by atoms with Gasteiger partial charge in [0, 0.05) is 25.2 Å². The Morgan fingerprint density at radius 3 is 2.56 bits per heavy atom. The number of carbonyl (C=O) groups is 1. The molecule has 3 rings (SSSR count). The van der Waals surface area contributed by atoms with Gasteiger partial charge in [-0.2, -0.15) is 5.10 Å². The van der Waals surface area contributed by atoms with Crippen LogP contribution in [0.5, 0.6) is 5.75 Å². The van der Waals surface area contributed by atoms with E-state index in [1.807, 2.05) is 35.1 Å². The fraction of sp³-hybridized carbons (Fsp3) is 0.474. The Morgan fingerprint density at radius 2 is 1.96 bits per heavy atom. The van der Waals surface area contributed by atoms with E-state index in [4.69, 9.17) is 14.9 Å². The molecule has 1 aliphatic rings. The molecule has 25 heavy (non-hydrogen) atoms. The van der Waals surface area contributed by atoms with E-state index < -0.39 is 6.09 Å². The molecule has 0 bridgehead atoms. The van der Waals surface area contributed by atoms with Gasteiger partial charge in [0.1, 0.15) is 5.75 Å². The molecule has 6 nitrogen and oxygen atoms in total. The molecule has 0 saturated carbocycles. The van der Waals surface area contributed by atoms with Gasteiger partial charge in [0.25, 0.3) is 0 Å². The van der Waals surface area contributed by atoms with Gasteiger partial charge in [-0.3, -0.25) is 4.68 Å². The molecule has 134 valence electrons. The van der Waals surface area contributed by atoms with Gasteiger partial charge < -0.3 is 14.7 Å². The summed E-state index contributed by atoms with van der Waals surface area (Å²) in [6, 6.07) is 10.1. The predicted molar refractivity (Wildman–Crippen MR) is 95.1 cm³/mol. The van der Waals surface area contributed by atoms with Gasteiger partial charge in [0.05, 0.1) is 19.3 Å². The topological polar surface area (TPSA) is 67.6 Å². The highest BCUT2D eigenvalue weighted by molar-refractivity contribution is 5.65. The van der Waals surface area contributed by atoms with Gasteiger partial charge in [-0.1, -0.05) is 19.1 Å². The minimum atomic E-state index is -0.810. The molecule has 1 amide bonds. The molecule has 2 heterocycles. The quantitative estimate of drug-likeness (QED) is 0.903. The van der Waals surface area contributed by atoms with E-state index in [1.54, 1.807) is 7.11 Å². The van der Waals surface area contributed by atoms with Crippen LogP contribution in [-0.2, 0) is 6.54 Å². The number of methoxy groups -OCH3 is 1. The van der Waals surface area contributed by atoms with Crippen molar-refractivity contribution in [3.8, 4) is 5.75 Å². The fourth-order valence-corrected chi connectivity index (χ4v) is 3.46. The minimum absolute atomic E-state index is 0.341. The van der Waals surface area contributed by atoms with E-state index in [1.165, 1.54) is 10.5 Å². The molecule has 1 N–H and O–H groups in total. The van der Waals surface area contributed by atoms with E-state index >= 15 is 0 Å². The predicted octanol–water partition coefficient (Wildman–Crippen LogP) is 3.43. The van der Waals surface area contributed by atoms with Crippen LogP contribution < -0.4 is 4.74 Å². The lowest BCUT2D eigenvalue weighted by Gasteiger charge is -2.32. The summed E-state index contributed by atoms with van der Waals surface area (Å²) in [5.41, 5.74) is 2.26. The molecule has 0 aliphatic carbocycles. The number of piperidine rings is 1. The van der Waals surface area contributed by atoms with Crippen LogP contribution in [-0.4, -0.2) is 46.1 Å². The first-order chi connectivity index (χ1) is 12.1. The van der Waals surface area contributed by atoms with Gasteiger partial charge in [-0.05, 0) is 42.5 Å². The Hall–Kier alpha value is -2.50. The van der Waals surface area contributed by atoms with Crippen LogP contribution >= 0.6 is 0 Å². The summed E-state index contributed by atoms with van der Waals surface area (Å²) in [6.45, 7) is 4.17. The Bertz CT molecular complexity index is 703. The monoisotopic (exact) mass is 343 g/mol. The third kappa shape index (κ3) is 4.13. The van der Waals surface area contributed by atoms with Gasteiger partial charge in [-0.15, -0.1) is 0 Å². The number of likely N-dealkylation sites (tertiary alicyclic amines) is 1. The molecular weight excluding hydrogens is 318 g/mol. The van der Waals surface area contributed by atoms with Crippen LogP contribution in [0.3, 0.4) is 0 Å². The summed E-state index contributed by atoms with van der Waals surface area (Å²) in [5.74, 6) is 1.68. The largest absolute Gasteiger partial charge is 0.497 e. The maximum atomic E-state index is 11.0. The average molecular weight is 343 g/mol. The lowest BCUT2D eigenvalue weighted by Crippen LogP contribution is -2.38. The molecule has 0 spiro atoms. The Morgan fingerprint density at radius 1 is 1.28 bits per heavy atom. The molecule has 1 unspecified atom stereocenters. The molecule has 1 aliphatic heterocycles. The zero-order valence-corrected chi connectivity index (χ0v) is 14.8. The number of aromatic nitrogens is 2. The molecule has 1 saturated heterocycles. The van der Waals surface area contributed by atoms with E-state index in [0.717, 1.165) is 30.8 Å². The van der Waals surface area contributed by atoms with Crippen molar-refractivity contribution in [1.82, 2.24) is 14.7 Å². The second kappa shape index (κ2) is 7.59. The number of ether oxygens (including phenoxy) is 1. The van der Waals surface area contributed by atoms with Gasteiger partial charge in [0.15, 0.2) is 0 Å². The third-order valence-electron chi connectivity index (χ3n) is 5.15. The van der Waals surface area contributed by atoms with E-state index in [-0.39, 0.29) is 0 Å². The van der Waals surface area contributed by atoms with Crippen molar-refractivity contribution in [1.29, 1.82) is 0 Å². The summed E-state index contributed by atoms with van der Waals surface area (Å²) in [5, 5.41) is 13.8. The van der Waals surface area contributed by atoms with Crippen LogP contribution in [0, 0.1) is 5.92 Å². The van der Waals surface area contributed by atoms with Crippen molar-refractivity contribution in [2.75, 3.05) is 20.2 Å².